The maximum absolute atomic E-state index is 12.2. The minimum absolute atomic E-state index is 0.0620. The van der Waals surface area contributed by atoms with Gasteiger partial charge in [0, 0.05) is 18.7 Å². The van der Waals surface area contributed by atoms with E-state index in [0.717, 1.165) is 25.9 Å². The average Bonchev–Trinajstić information content (AvgIpc) is 2.86. The van der Waals surface area contributed by atoms with Crippen LogP contribution in [0, 0.1) is 0 Å². The first-order valence-corrected chi connectivity index (χ1v) is 7.55. The van der Waals surface area contributed by atoms with Crippen molar-refractivity contribution >= 4 is 11.7 Å². The number of ketones is 1. The second-order valence-corrected chi connectivity index (χ2v) is 6.44. The van der Waals surface area contributed by atoms with Crippen molar-refractivity contribution in [2.75, 3.05) is 13.2 Å². The summed E-state index contributed by atoms with van der Waals surface area (Å²) in [6, 6.07) is -0.413. The molecule has 0 radical (unpaired) electrons. The van der Waals surface area contributed by atoms with Gasteiger partial charge >= 0.3 is 0 Å². The van der Waals surface area contributed by atoms with Crippen LogP contribution in [-0.2, 0) is 14.3 Å². The van der Waals surface area contributed by atoms with Gasteiger partial charge in [-0.1, -0.05) is 13.3 Å². The summed E-state index contributed by atoms with van der Waals surface area (Å²) in [7, 11) is 0. The molecule has 1 rings (SSSR count). The smallest absolute Gasteiger partial charge is 0.289 e. The number of amides is 1. The summed E-state index contributed by atoms with van der Waals surface area (Å²) in [5, 5.41) is 5.92. The summed E-state index contributed by atoms with van der Waals surface area (Å²) >= 11 is 0. The lowest BCUT2D eigenvalue weighted by Gasteiger charge is -2.27. The molecule has 20 heavy (non-hydrogen) atoms. The quantitative estimate of drug-likeness (QED) is 0.694. The molecule has 0 aromatic heterocycles. The lowest BCUT2D eigenvalue weighted by atomic mass is 10.0. The van der Waals surface area contributed by atoms with Gasteiger partial charge in [0.05, 0.1) is 12.1 Å². The first-order valence-electron chi connectivity index (χ1n) is 7.55. The Balaban J connectivity index is 2.47. The highest BCUT2D eigenvalue weighted by atomic mass is 16.5. The Hall–Kier alpha value is -0.940. The second kappa shape index (κ2) is 7.74. The topological polar surface area (TPSA) is 67.4 Å². The van der Waals surface area contributed by atoms with Crippen LogP contribution in [0.25, 0.3) is 0 Å². The number of rotatable bonds is 7. The Labute approximate surface area is 121 Å². The Morgan fingerprint density at radius 1 is 1.35 bits per heavy atom. The molecule has 5 heteroatoms. The van der Waals surface area contributed by atoms with E-state index in [0.29, 0.717) is 13.0 Å². The summed E-state index contributed by atoms with van der Waals surface area (Å²) < 4.78 is 5.43. The van der Waals surface area contributed by atoms with Crippen LogP contribution in [0.5, 0.6) is 0 Å². The molecule has 1 heterocycles. The van der Waals surface area contributed by atoms with Gasteiger partial charge < -0.3 is 15.4 Å². The number of Topliss-reactive ketones (excluding diaryl/α,β-unsaturated/α-hetero) is 1. The van der Waals surface area contributed by atoms with Crippen LogP contribution in [0.1, 0.15) is 53.4 Å². The first-order chi connectivity index (χ1) is 9.33. The highest BCUT2D eigenvalue weighted by molar-refractivity contribution is 6.38. The average molecular weight is 284 g/mol. The van der Waals surface area contributed by atoms with E-state index in [1.54, 1.807) is 0 Å². The van der Waals surface area contributed by atoms with E-state index < -0.39 is 11.9 Å². The maximum atomic E-state index is 12.2. The van der Waals surface area contributed by atoms with E-state index in [-0.39, 0.29) is 17.4 Å². The molecule has 2 atom stereocenters. The molecule has 1 fully saturated rings. The van der Waals surface area contributed by atoms with Crippen LogP contribution >= 0.6 is 0 Å². The summed E-state index contributed by atoms with van der Waals surface area (Å²) in [5.74, 6) is -0.879. The number of hydrogen-bond donors (Lipinski definition) is 2. The maximum Gasteiger partial charge on any atom is 0.289 e. The normalized spacial score (nSPS) is 20.7. The number of hydrogen-bond acceptors (Lipinski definition) is 4. The van der Waals surface area contributed by atoms with Gasteiger partial charge in [0.15, 0.2) is 0 Å². The van der Waals surface area contributed by atoms with Crippen molar-refractivity contribution in [3.63, 3.8) is 0 Å². The Bertz CT molecular complexity index is 331. The molecule has 1 amide bonds. The molecule has 116 valence electrons. The zero-order valence-electron chi connectivity index (χ0n) is 13.1. The Morgan fingerprint density at radius 2 is 2.05 bits per heavy atom. The van der Waals surface area contributed by atoms with Gasteiger partial charge in [0.1, 0.15) is 0 Å². The van der Waals surface area contributed by atoms with Crippen LogP contribution in [-0.4, -0.2) is 42.5 Å². The van der Waals surface area contributed by atoms with Gasteiger partial charge in [-0.05, 0) is 40.0 Å². The van der Waals surface area contributed by atoms with Crippen LogP contribution in [0.3, 0.4) is 0 Å². The van der Waals surface area contributed by atoms with Crippen molar-refractivity contribution in [2.24, 2.45) is 0 Å². The second-order valence-electron chi connectivity index (χ2n) is 6.44. The molecule has 1 saturated heterocycles. The highest BCUT2D eigenvalue weighted by Gasteiger charge is 2.28. The molecular weight excluding hydrogens is 256 g/mol. The fourth-order valence-electron chi connectivity index (χ4n) is 2.34. The molecule has 1 aliphatic rings. The van der Waals surface area contributed by atoms with Gasteiger partial charge in [-0.2, -0.15) is 0 Å². The lowest BCUT2D eigenvalue weighted by molar-refractivity contribution is -0.139. The van der Waals surface area contributed by atoms with Gasteiger partial charge in [0.2, 0.25) is 5.78 Å². The summed E-state index contributed by atoms with van der Waals surface area (Å²) in [6.07, 6.45) is 3.57. The number of nitrogens with one attached hydrogen (secondary N) is 2. The monoisotopic (exact) mass is 284 g/mol. The molecule has 2 N–H and O–H groups in total. The van der Waals surface area contributed by atoms with E-state index in [2.05, 4.69) is 10.6 Å². The molecule has 0 saturated carbocycles. The highest BCUT2D eigenvalue weighted by Crippen LogP contribution is 2.11. The van der Waals surface area contributed by atoms with Crippen molar-refractivity contribution < 1.29 is 14.3 Å². The van der Waals surface area contributed by atoms with E-state index in [4.69, 9.17) is 4.74 Å². The van der Waals surface area contributed by atoms with Crippen LogP contribution in [0.15, 0.2) is 0 Å². The summed E-state index contributed by atoms with van der Waals surface area (Å²) in [6.45, 7) is 9.17. The van der Waals surface area contributed by atoms with Crippen molar-refractivity contribution in [3.8, 4) is 0 Å². The molecule has 1 aliphatic heterocycles. The molecule has 2 unspecified atom stereocenters. The SMILES string of the molecule is CCCC(NC(C)(C)C)C(=O)C(=O)NCC1CCCO1. The summed E-state index contributed by atoms with van der Waals surface area (Å²) in [5.41, 5.74) is -0.190. The predicted octanol–water partition coefficient (Wildman–Crippen LogP) is 1.41. The van der Waals surface area contributed by atoms with Gasteiger partial charge in [-0.3, -0.25) is 9.59 Å². The summed E-state index contributed by atoms with van der Waals surface area (Å²) in [4.78, 5) is 24.1. The Morgan fingerprint density at radius 3 is 2.55 bits per heavy atom. The Kier molecular flexibility index (Phi) is 6.62. The molecule has 0 aromatic rings. The van der Waals surface area contributed by atoms with Gasteiger partial charge in [-0.25, -0.2) is 0 Å². The van der Waals surface area contributed by atoms with Crippen LogP contribution in [0.2, 0.25) is 0 Å². The third-order valence-electron chi connectivity index (χ3n) is 3.24. The predicted molar refractivity (Wildman–Crippen MR) is 78.6 cm³/mol. The molecular formula is C15H28N2O3. The van der Waals surface area contributed by atoms with E-state index >= 15 is 0 Å². The zero-order valence-corrected chi connectivity index (χ0v) is 13.1. The van der Waals surface area contributed by atoms with E-state index in [1.807, 2.05) is 27.7 Å². The lowest BCUT2D eigenvalue weighted by Crippen LogP contribution is -2.52. The largest absolute Gasteiger partial charge is 0.376 e. The third-order valence-corrected chi connectivity index (χ3v) is 3.24. The molecule has 0 bridgehead atoms. The van der Waals surface area contributed by atoms with Crippen molar-refractivity contribution in [1.29, 1.82) is 0 Å². The van der Waals surface area contributed by atoms with Crippen molar-refractivity contribution in [1.82, 2.24) is 10.6 Å². The van der Waals surface area contributed by atoms with Crippen LogP contribution < -0.4 is 10.6 Å². The number of ether oxygens (including phenoxy) is 1. The van der Waals surface area contributed by atoms with E-state index in [1.165, 1.54) is 0 Å². The van der Waals surface area contributed by atoms with Crippen LogP contribution in [0.4, 0.5) is 0 Å². The molecule has 5 nitrogen and oxygen atoms in total. The van der Waals surface area contributed by atoms with Gasteiger partial charge in [0.25, 0.3) is 5.91 Å². The van der Waals surface area contributed by atoms with Crippen molar-refractivity contribution in [2.45, 2.75) is 71.1 Å². The zero-order chi connectivity index (χ0) is 15.2. The molecule has 0 spiro atoms. The van der Waals surface area contributed by atoms with E-state index in [9.17, 15) is 9.59 Å². The first kappa shape index (κ1) is 17.1. The minimum Gasteiger partial charge on any atom is -0.376 e. The number of carbonyl (C=O) groups excluding carboxylic acids is 2. The fourth-order valence-corrected chi connectivity index (χ4v) is 2.34. The minimum atomic E-state index is -0.504. The third kappa shape index (κ3) is 6.01. The standard InChI is InChI=1S/C15H28N2O3/c1-5-7-12(17-15(2,3)4)13(18)14(19)16-10-11-8-6-9-20-11/h11-12,17H,5-10H2,1-4H3,(H,16,19). The van der Waals surface area contributed by atoms with Gasteiger partial charge in [-0.15, -0.1) is 0 Å². The number of carbonyl (C=O) groups is 2. The molecule has 0 aliphatic carbocycles. The fraction of sp³-hybridized carbons (Fsp3) is 0.867. The molecule has 0 aromatic carbocycles. The van der Waals surface area contributed by atoms with Crippen molar-refractivity contribution in [3.05, 3.63) is 0 Å².